The third kappa shape index (κ3) is 6.46. The van der Waals surface area contributed by atoms with Gasteiger partial charge in [-0.25, -0.2) is 8.42 Å². The van der Waals surface area contributed by atoms with Crippen LogP contribution in [0.3, 0.4) is 0 Å². The third-order valence-corrected chi connectivity index (χ3v) is 5.64. The molecule has 0 radical (unpaired) electrons. The van der Waals surface area contributed by atoms with Gasteiger partial charge < -0.3 is 9.05 Å². The highest BCUT2D eigenvalue weighted by molar-refractivity contribution is 8.17. The van der Waals surface area contributed by atoms with Crippen molar-refractivity contribution in [3.05, 3.63) is 0 Å². The van der Waals surface area contributed by atoms with Gasteiger partial charge in [-0.05, 0) is 13.8 Å². The van der Waals surface area contributed by atoms with E-state index in [0.717, 1.165) is 0 Å². The molecule has 0 aliphatic carbocycles. The first-order valence-corrected chi connectivity index (χ1v) is 7.84. The highest BCUT2D eigenvalue weighted by Gasteiger charge is 2.30. The second kappa shape index (κ2) is 5.32. The Hall–Kier alpha value is 0.390. The van der Waals surface area contributed by atoms with E-state index in [-0.39, 0.29) is 13.2 Å². The molecular formula is C5H12ClO5PS. The van der Waals surface area contributed by atoms with Crippen molar-refractivity contribution in [1.29, 1.82) is 0 Å². The molecule has 80 valence electrons. The fourth-order valence-corrected chi connectivity index (χ4v) is 4.74. The van der Waals surface area contributed by atoms with Crippen molar-refractivity contribution in [1.82, 2.24) is 0 Å². The monoisotopic (exact) mass is 250 g/mol. The Kier molecular flexibility index (Phi) is 5.47. The van der Waals surface area contributed by atoms with Crippen LogP contribution in [0.15, 0.2) is 0 Å². The topological polar surface area (TPSA) is 69.7 Å². The normalized spacial score (nSPS) is 13.2. The Labute approximate surface area is 82.3 Å². The van der Waals surface area contributed by atoms with Gasteiger partial charge in [-0.2, -0.15) is 0 Å². The van der Waals surface area contributed by atoms with Crippen LogP contribution in [0.1, 0.15) is 13.8 Å². The molecule has 0 aliphatic rings. The largest absolute Gasteiger partial charge is 0.346 e. The van der Waals surface area contributed by atoms with Crippen molar-refractivity contribution in [2.45, 2.75) is 13.8 Å². The first-order chi connectivity index (χ1) is 5.83. The molecule has 0 amide bonds. The maximum absolute atomic E-state index is 11.5. The standard InChI is InChI=1S/C5H12ClO5PS/c1-3-10-12(7,11-4-2)5-13(6,8)9/h3-5H2,1-2H3. The van der Waals surface area contributed by atoms with E-state index in [9.17, 15) is 13.0 Å². The van der Waals surface area contributed by atoms with Gasteiger partial charge in [0.05, 0.1) is 13.2 Å². The van der Waals surface area contributed by atoms with E-state index in [4.69, 9.17) is 19.7 Å². The zero-order valence-electron chi connectivity index (χ0n) is 7.40. The second-order valence-corrected chi connectivity index (χ2v) is 7.37. The average Bonchev–Trinajstić information content (AvgIpc) is 1.82. The van der Waals surface area contributed by atoms with Gasteiger partial charge in [0.2, 0.25) is 9.05 Å². The molecule has 8 heteroatoms. The van der Waals surface area contributed by atoms with Crippen LogP contribution in [0.5, 0.6) is 0 Å². The van der Waals surface area contributed by atoms with Gasteiger partial charge in [0, 0.05) is 10.7 Å². The van der Waals surface area contributed by atoms with E-state index in [1.165, 1.54) is 0 Å². The van der Waals surface area contributed by atoms with E-state index in [2.05, 4.69) is 0 Å². The van der Waals surface area contributed by atoms with Crippen molar-refractivity contribution in [2.75, 3.05) is 18.7 Å². The Balaban J connectivity index is 4.51. The van der Waals surface area contributed by atoms with Gasteiger partial charge in [-0.3, -0.25) is 4.57 Å². The van der Waals surface area contributed by atoms with Gasteiger partial charge >= 0.3 is 7.60 Å². The highest BCUT2D eigenvalue weighted by atomic mass is 35.7. The molecule has 0 heterocycles. The quantitative estimate of drug-likeness (QED) is 0.531. The number of hydrogen-bond acceptors (Lipinski definition) is 5. The molecule has 0 saturated carbocycles. The Morgan fingerprint density at radius 3 is 1.85 bits per heavy atom. The van der Waals surface area contributed by atoms with Crippen LogP contribution in [-0.4, -0.2) is 27.1 Å². The Bertz CT molecular complexity index is 277. The van der Waals surface area contributed by atoms with Crippen LogP contribution in [0, 0.1) is 0 Å². The van der Waals surface area contributed by atoms with Crippen molar-refractivity contribution in [3.63, 3.8) is 0 Å². The minimum Gasteiger partial charge on any atom is -0.308 e. The summed E-state index contributed by atoms with van der Waals surface area (Å²) in [6.07, 6.45) is 0. The van der Waals surface area contributed by atoms with Crippen molar-refractivity contribution in [3.8, 4) is 0 Å². The van der Waals surface area contributed by atoms with Crippen molar-refractivity contribution < 1.29 is 22.0 Å². The van der Waals surface area contributed by atoms with Gasteiger partial charge in [-0.15, -0.1) is 0 Å². The van der Waals surface area contributed by atoms with Crippen molar-refractivity contribution >= 4 is 27.3 Å². The lowest BCUT2D eigenvalue weighted by Crippen LogP contribution is -2.05. The van der Waals surface area contributed by atoms with Gasteiger partial charge in [0.1, 0.15) is 0 Å². The zero-order valence-corrected chi connectivity index (χ0v) is 9.86. The fourth-order valence-electron chi connectivity index (χ4n) is 0.694. The lowest BCUT2D eigenvalue weighted by atomic mass is 10.9. The van der Waals surface area contributed by atoms with Crippen LogP contribution in [0.25, 0.3) is 0 Å². The summed E-state index contributed by atoms with van der Waals surface area (Å²) in [5.74, 6) is 0. The maximum atomic E-state index is 11.5. The third-order valence-electron chi connectivity index (χ3n) is 0.964. The summed E-state index contributed by atoms with van der Waals surface area (Å²) in [7, 11) is -2.50. The molecule has 5 nitrogen and oxygen atoms in total. The lowest BCUT2D eigenvalue weighted by molar-refractivity contribution is 0.224. The molecule has 0 aliphatic heterocycles. The molecule has 0 unspecified atom stereocenters. The molecule has 0 aromatic heterocycles. The average molecular weight is 251 g/mol. The highest BCUT2D eigenvalue weighted by Crippen LogP contribution is 2.49. The molecule has 0 aromatic rings. The predicted octanol–water partition coefficient (Wildman–Crippen LogP) is 1.78. The van der Waals surface area contributed by atoms with E-state index in [0.29, 0.717) is 0 Å². The smallest absolute Gasteiger partial charge is 0.308 e. The summed E-state index contributed by atoms with van der Waals surface area (Å²) in [4.78, 5) is 0. The van der Waals surface area contributed by atoms with Crippen LogP contribution in [0.2, 0.25) is 0 Å². The Morgan fingerprint density at radius 1 is 1.23 bits per heavy atom. The summed E-state index contributed by atoms with van der Waals surface area (Å²) in [5.41, 5.74) is -0.788. The molecule has 0 saturated heterocycles. The molecule has 0 atom stereocenters. The van der Waals surface area contributed by atoms with Gasteiger partial charge in [0.15, 0.2) is 5.49 Å². The molecule has 0 fully saturated rings. The summed E-state index contributed by atoms with van der Waals surface area (Å²) in [6.45, 7) is 3.41. The van der Waals surface area contributed by atoms with E-state index in [1.807, 2.05) is 0 Å². The van der Waals surface area contributed by atoms with Crippen LogP contribution >= 0.6 is 18.3 Å². The lowest BCUT2D eigenvalue weighted by Gasteiger charge is -2.14. The Morgan fingerprint density at radius 2 is 1.62 bits per heavy atom. The molecule has 0 aromatic carbocycles. The number of rotatable bonds is 6. The summed E-state index contributed by atoms with van der Waals surface area (Å²) in [6, 6.07) is 0. The number of hydrogen-bond donors (Lipinski definition) is 0. The first-order valence-electron chi connectivity index (χ1n) is 3.63. The maximum Gasteiger partial charge on any atom is 0.346 e. The predicted molar refractivity (Wildman–Crippen MR) is 50.5 cm³/mol. The van der Waals surface area contributed by atoms with Gasteiger partial charge in [0.25, 0.3) is 0 Å². The SMILES string of the molecule is CCOP(=O)(CS(=O)(=O)Cl)OCC. The summed E-state index contributed by atoms with van der Waals surface area (Å²) >= 11 is 0. The van der Waals surface area contributed by atoms with Crippen molar-refractivity contribution in [2.24, 2.45) is 0 Å². The van der Waals surface area contributed by atoms with Crippen LogP contribution < -0.4 is 0 Å². The second-order valence-electron chi connectivity index (χ2n) is 2.11. The molecule has 0 bridgehead atoms. The first kappa shape index (κ1) is 13.4. The molecular weight excluding hydrogens is 239 g/mol. The molecule has 0 spiro atoms. The number of halogens is 1. The van der Waals surface area contributed by atoms with E-state index < -0.39 is 22.1 Å². The molecule has 0 N–H and O–H groups in total. The zero-order chi connectivity index (χ0) is 10.5. The fraction of sp³-hybridized carbons (Fsp3) is 1.00. The molecule has 0 rings (SSSR count). The van der Waals surface area contributed by atoms with Gasteiger partial charge in [-0.1, -0.05) is 0 Å². The van der Waals surface area contributed by atoms with Crippen LogP contribution in [0.4, 0.5) is 0 Å². The minimum absolute atomic E-state index is 0.115. The summed E-state index contributed by atoms with van der Waals surface area (Å²) in [5, 5.41) is 0. The summed E-state index contributed by atoms with van der Waals surface area (Å²) < 4.78 is 42.2. The minimum atomic E-state index is -3.87. The van der Waals surface area contributed by atoms with E-state index >= 15 is 0 Å². The molecule has 13 heavy (non-hydrogen) atoms. The van der Waals surface area contributed by atoms with E-state index in [1.54, 1.807) is 13.8 Å². The van der Waals surface area contributed by atoms with Crippen LogP contribution in [-0.2, 0) is 22.7 Å².